The van der Waals surface area contributed by atoms with E-state index in [1.807, 2.05) is 18.2 Å². The van der Waals surface area contributed by atoms with Crippen LogP contribution in [0.25, 0.3) is 0 Å². The van der Waals surface area contributed by atoms with E-state index in [9.17, 15) is 14.9 Å². The highest BCUT2D eigenvalue weighted by atomic mass is 16.6. The lowest BCUT2D eigenvalue weighted by Gasteiger charge is -2.28. The van der Waals surface area contributed by atoms with E-state index in [1.165, 1.54) is 18.5 Å². The standard InChI is InChI=1S/C19H16N6O3/c1-12-16(18(26)23-14-5-3-2-4-6-14)17(24-19(22-12)20-11-21-24)13-7-9-15(10-8-13)25(27)28/h2-11,17H,1H3,(H,23,26)(H,20,21,22)/t17-/m0/s1. The molecule has 0 fully saturated rings. The van der Waals surface area contributed by atoms with Gasteiger partial charge in [0.2, 0.25) is 5.95 Å². The molecule has 28 heavy (non-hydrogen) atoms. The molecule has 1 aromatic heterocycles. The first-order valence-electron chi connectivity index (χ1n) is 8.52. The Morgan fingerprint density at radius 1 is 1.18 bits per heavy atom. The fraction of sp³-hybridized carbons (Fsp3) is 0.105. The quantitative estimate of drug-likeness (QED) is 0.534. The molecule has 0 saturated heterocycles. The zero-order valence-electron chi connectivity index (χ0n) is 14.9. The molecule has 0 saturated carbocycles. The molecule has 4 rings (SSSR count). The summed E-state index contributed by atoms with van der Waals surface area (Å²) in [6, 6.07) is 14.6. The summed E-state index contributed by atoms with van der Waals surface area (Å²) in [7, 11) is 0. The number of para-hydroxylation sites is 1. The fourth-order valence-corrected chi connectivity index (χ4v) is 3.19. The number of nitro benzene ring substituents is 1. The van der Waals surface area contributed by atoms with Gasteiger partial charge in [-0.15, -0.1) is 0 Å². The maximum atomic E-state index is 13.1. The number of allylic oxidation sites excluding steroid dienone is 1. The van der Waals surface area contributed by atoms with Crippen molar-refractivity contribution in [1.82, 2.24) is 14.8 Å². The first-order valence-corrected chi connectivity index (χ1v) is 8.52. The van der Waals surface area contributed by atoms with Crippen molar-refractivity contribution in [3.8, 4) is 0 Å². The summed E-state index contributed by atoms with van der Waals surface area (Å²) in [4.78, 5) is 27.8. The third-order valence-electron chi connectivity index (χ3n) is 4.49. The molecule has 3 aromatic rings. The molecule has 1 atom stereocenters. The lowest BCUT2D eigenvalue weighted by atomic mass is 9.95. The monoisotopic (exact) mass is 376 g/mol. The molecule has 9 nitrogen and oxygen atoms in total. The third kappa shape index (κ3) is 3.09. The van der Waals surface area contributed by atoms with Gasteiger partial charge in [-0.3, -0.25) is 14.9 Å². The van der Waals surface area contributed by atoms with Crippen molar-refractivity contribution in [1.29, 1.82) is 0 Å². The Morgan fingerprint density at radius 3 is 2.57 bits per heavy atom. The number of aromatic nitrogens is 3. The van der Waals surface area contributed by atoms with Gasteiger partial charge in [0.05, 0.1) is 10.5 Å². The van der Waals surface area contributed by atoms with Crippen molar-refractivity contribution in [2.45, 2.75) is 13.0 Å². The number of hydrogen-bond donors (Lipinski definition) is 2. The second-order valence-corrected chi connectivity index (χ2v) is 6.26. The Kier molecular flexibility index (Phi) is 4.32. The van der Waals surface area contributed by atoms with Crippen LogP contribution in [0.1, 0.15) is 18.5 Å². The lowest BCUT2D eigenvalue weighted by molar-refractivity contribution is -0.384. The molecule has 1 aliphatic heterocycles. The van der Waals surface area contributed by atoms with Gasteiger partial charge in [0.15, 0.2) is 0 Å². The number of carbonyl (C=O) groups is 1. The Labute approximate surface area is 159 Å². The van der Waals surface area contributed by atoms with Gasteiger partial charge >= 0.3 is 0 Å². The molecule has 0 unspecified atom stereocenters. The zero-order chi connectivity index (χ0) is 19.7. The van der Waals surface area contributed by atoms with E-state index in [0.29, 0.717) is 28.5 Å². The minimum Gasteiger partial charge on any atom is -0.328 e. The van der Waals surface area contributed by atoms with Crippen molar-refractivity contribution >= 4 is 23.2 Å². The number of non-ortho nitro benzene ring substituents is 1. The van der Waals surface area contributed by atoms with Crippen molar-refractivity contribution in [2.75, 3.05) is 10.6 Å². The second kappa shape index (κ2) is 6.95. The van der Waals surface area contributed by atoms with Gasteiger partial charge in [-0.1, -0.05) is 18.2 Å². The largest absolute Gasteiger partial charge is 0.328 e. The van der Waals surface area contributed by atoms with Crippen molar-refractivity contribution in [2.24, 2.45) is 0 Å². The maximum absolute atomic E-state index is 13.1. The Hall–Kier alpha value is -4.01. The predicted octanol–water partition coefficient (Wildman–Crippen LogP) is 3.11. The number of benzene rings is 2. The Bertz CT molecular complexity index is 1070. The molecular formula is C19H16N6O3. The summed E-state index contributed by atoms with van der Waals surface area (Å²) in [5.74, 6) is 0.206. The minimum absolute atomic E-state index is 0.0208. The smallest absolute Gasteiger partial charge is 0.269 e. The number of fused-ring (bicyclic) bond motifs is 1. The van der Waals surface area contributed by atoms with Crippen LogP contribution in [0.5, 0.6) is 0 Å². The number of nitrogens with zero attached hydrogens (tertiary/aromatic N) is 4. The first-order chi connectivity index (χ1) is 13.5. The van der Waals surface area contributed by atoms with Crippen LogP contribution < -0.4 is 10.6 Å². The van der Waals surface area contributed by atoms with Crippen LogP contribution in [0.15, 0.2) is 72.2 Å². The van der Waals surface area contributed by atoms with E-state index in [0.717, 1.165) is 0 Å². The Balaban J connectivity index is 1.76. The van der Waals surface area contributed by atoms with Crippen LogP contribution in [0.3, 0.4) is 0 Å². The van der Waals surface area contributed by atoms with Crippen molar-refractivity contribution in [3.05, 3.63) is 87.9 Å². The molecule has 1 aliphatic rings. The van der Waals surface area contributed by atoms with Crippen LogP contribution in [0, 0.1) is 10.1 Å². The minimum atomic E-state index is -0.566. The molecule has 2 aromatic carbocycles. The van der Waals surface area contributed by atoms with Crippen LogP contribution in [0.4, 0.5) is 17.3 Å². The topological polar surface area (TPSA) is 115 Å². The van der Waals surface area contributed by atoms with Gasteiger partial charge in [-0.05, 0) is 36.8 Å². The number of carbonyl (C=O) groups excluding carboxylic acids is 1. The molecule has 0 aliphatic carbocycles. The van der Waals surface area contributed by atoms with E-state index >= 15 is 0 Å². The van der Waals surface area contributed by atoms with Gasteiger partial charge in [0.1, 0.15) is 12.4 Å². The molecule has 0 bridgehead atoms. The average Bonchev–Trinajstić information content (AvgIpc) is 3.15. The van der Waals surface area contributed by atoms with Crippen molar-refractivity contribution in [3.63, 3.8) is 0 Å². The van der Waals surface area contributed by atoms with E-state index in [-0.39, 0.29) is 11.6 Å². The molecule has 9 heteroatoms. The van der Waals surface area contributed by atoms with Crippen molar-refractivity contribution < 1.29 is 9.72 Å². The second-order valence-electron chi connectivity index (χ2n) is 6.26. The van der Waals surface area contributed by atoms with E-state index < -0.39 is 11.0 Å². The number of nitro groups is 1. The summed E-state index contributed by atoms with van der Waals surface area (Å²) in [5, 5.41) is 21.2. The first kappa shape index (κ1) is 17.4. The maximum Gasteiger partial charge on any atom is 0.269 e. The highest BCUT2D eigenvalue weighted by Crippen LogP contribution is 2.35. The summed E-state index contributed by atoms with van der Waals surface area (Å²) < 4.78 is 1.59. The number of amides is 1. The summed E-state index contributed by atoms with van der Waals surface area (Å²) in [5.41, 5.74) is 2.43. The number of anilines is 2. The van der Waals surface area contributed by atoms with Gasteiger partial charge < -0.3 is 10.6 Å². The van der Waals surface area contributed by atoms with Gasteiger partial charge in [-0.25, -0.2) is 4.68 Å². The van der Waals surface area contributed by atoms with E-state index in [1.54, 1.807) is 35.9 Å². The summed E-state index contributed by atoms with van der Waals surface area (Å²) >= 11 is 0. The molecule has 140 valence electrons. The number of nitrogens with one attached hydrogen (secondary N) is 2. The molecule has 1 amide bonds. The zero-order valence-corrected chi connectivity index (χ0v) is 14.9. The fourth-order valence-electron chi connectivity index (χ4n) is 3.19. The molecule has 2 heterocycles. The van der Waals surface area contributed by atoms with Gasteiger partial charge in [0.25, 0.3) is 11.6 Å². The number of hydrogen-bond acceptors (Lipinski definition) is 6. The van der Waals surface area contributed by atoms with Crippen LogP contribution in [0.2, 0.25) is 0 Å². The Morgan fingerprint density at radius 2 is 1.89 bits per heavy atom. The molecule has 2 N–H and O–H groups in total. The van der Waals surface area contributed by atoms with Crippen LogP contribution >= 0.6 is 0 Å². The third-order valence-corrected chi connectivity index (χ3v) is 4.49. The van der Waals surface area contributed by atoms with Gasteiger partial charge in [0, 0.05) is 23.5 Å². The predicted molar refractivity (Wildman–Crippen MR) is 103 cm³/mol. The van der Waals surface area contributed by atoms with Gasteiger partial charge in [-0.2, -0.15) is 10.1 Å². The van der Waals surface area contributed by atoms with Crippen LogP contribution in [-0.4, -0.2) is 25.6 Å². The summed E-state index contributed by atoms with van der Waals surface area (Å²) in [6.45, 7) is 1.79. The molecule has 0 spiro atoms. The average molecular weight is 376 g/mol. The van der Waals surface area contributed by atoms with Crippen LogP contribution in [-0.2, 0) is 4.79 Å². The summed E-state index contributed by atoms with van der Waals surface area (Å²) in [6.07, 6.45) is 1.39. The highest BCUT2D eigenvalue weighted by Gasteiger charge is 2.33. The van der Waals surface area contributed by atoms with E-state index in [2.05, 4.69) is 20.7 Å². The highest BCUT2D eigenvalue weighted by molar-refractivity contribution is 6.06. The SMILES string of the molecule is CC1=C(C(=O)Nc2ccccc2)[C@H](c2ccc([N+](=O)[O-])cc2)n2ncnc2N1. The van der Waals surface area contributed by atoms with E-state index in [4.69, 9.17) is 0 Å². The number of rotatable bonds is 4. The normalized spacial score (nSPS) is 15.5. The lowest BCUT2D eigenvalue weighted by Crippen LogP contribution is -2.31. The molecular weight excluding hydrogens is 360 g/mol. The molecule has 0 radical (unpaired) electrons.